The van der Waals surface area contributed by atoms with E-state index in [-0.39, 0.29) is 24.2 Å². The Morgan fingerprint density at radius 1 is 1.19 bits per heavy atom. The van der Waals surface area contributed by atoms with Crippen molar-refractivity contribution in [3.8, 4) is 0 Å². The van der Waals surface area contributed by atoms with Gasteiger partial charge < -0.3 is 10.6 Å². The van der Waals surface area contributed by atoms with Gasteiger partial charge in [-0.05, 0) is 56.1 Å². The van der Waals surface area contributed by atoms with Crippen LogP contribution in [0.2, 0.25) is 0 Å². The summed E-state index contributed by atoms with van der Waals surface area (Å²) in [5, 5.41) is 6.38. The third-order valence-electron chi connectivity index (χ3n) is 4.49. The number of hydrogen-bond acceptors (Lipinski definition) is 3. The van der Waals surface area contributed by atoms with Gasteiger partial charge in [-0.15, -0.1) is 12.4 Å². The predicted molar refractivity (Wildman–Crippen MR) is 109 cm³/mol. The normalized spacial score (nSPS) is 20.7. The van der Waals surface area contributed by atoms with Crippen molar-refractivity contribution in [3.63, 3.8) is 0 Å². The lowest BCUT2D eigenvalue weighted by Gasteiger charge is -2.27. The second-order valence-electron chi connectivity index (χ2n) is 6.57. The Balaban J connectivity index is 0.00000243. The molecule has 1 aliphatic rings. The maximum Gasteiger partial charge on any atom is 0.227 e. The van der Waals surface area contributed by atoms with Gasteiger partial charge in [0.2, 0.25) is 5.91 Å². The highest BCUT2D eigenvalue weighted by Crippen LogP contribution is 2.20. The fraction of sp³-hybridized carbons (Fsp3) is 0.350. The van der Waals surface area contributed by atoms with E-state index in [4.69, 9.17) is 0 Å². The summed E-state index contributed by atoms with van der Waals surface area (Å²) in [5.41, 5.74) is 1.73. The number of amides is 1. The van der Waals surface area contributed by atoms with Crippen molar-refractivity contribution in [2.45, 2.75) is 36.5 Å². The highest BCUT2D eigenvalue weighted by molar-refractivity contribution is 7.84. The average Bonchev–Trinajstić information content (AvgIpc) is 2.63. The molecular weight excluding hydrogens is 368 g/mol. The summed E-state index contributed by atoms with van der Waals surface area (Å²) in [7, 11) is -1.09. The lowest BCUT2D eigenvalue weighted by Crippen LogP contribution is -2.40. The molecule has 0 saturated carbocycles. The van der Waals surface area contributed by atoms with Crippen LogP contribution in [-0.2, 0) is 21.3 Å². The van der Waals surface area contributed by atoms with E-state index >= 15 is 0 Å². The number of carbonyl (C=O) groups is 1. The molecule has 0 aliphatic carbocycles. The molecule has 140 valence electrons. The molecule has 0 radical (unpaired) electrons. The van der Waals surface area contributed by atoms with E-state index < -0.39 is 10.8 Å². The molecule has 1 unspecified atom stereocenters. The zero-order valence-corrected chi connectivity index (χ0v) is 16.4. The summed E-state index contributed by atoms with van der Waals surface area (Å²) in [6.45, 7) is 2.99. The average molecular weight is 393 g/mol. The van der Waals surface area contributed by atoms with Crippen LogP contribution in [0.15, 0.2) is 59.5 Å². The molecule has 4 nitrogen and oxygen atoms in total. The largest absolute Gasteiger partial charge is 0.326 e. The number of benzene rings is 2. The minimum atomic E-state index is -1.09. The van der Waals surface area contributed by atoms with Gasteiger partial charge >= 0.3 is 0 Å². The molecule has 0 aromatic heterocycles. The molecule has 1 heterocycles. The third kappa shape index (κ3) is 5.66. The Hall–Kier alpha value is -1.69. The molecule has 1 saturated heterocycles. The first-order valence-corrected chi connectivity index (χ1v) is 10.0. The molecule has 6 heteroatoms. The van der Waals surface area contributed by atoms with Gasteiger partial charge in [0.25, 0.3) is 0 Å². The van der Waals surface area contributed by atoms with Crippen molar-refractivity contribution < 1.29 is 9.00 Å². The molecule has 0 bridgehead atoms. The van der Waals surface area contributed by atoms with Crippen LogP contribution in [0.3, 0.4) is 0 Å². The monoisotopic (exact) mass is 392 g/mol. The summed E-state index contributed by atoms with van der Waals surface area (Å²) in [4.78, 5) is 13.3. The number of nitrogens with one attached hydrogen (secondary N) is 2. The summed E-state index contributed by atoms with van der Waals surface area (Å²) in [6, 6.07) is 17.5. The van der Waals surface area contributed by atoms with Gasteiger partial charge in [0.15, 0.2) is 0 Å². The number of carbonyl (C=O) groups excluding carboxylic acids is 1. The van der Waals surface area contributed by atoms with Crippen molar-refractivity contribution in [1.29, 1.82) is 0 Å². The number of hydrogen-bond donors (Lipinski definition) is 2. The Morgan fingerprint density at radius 2 is 1.96 bits per heavy atom. The van der Waals surface area contributed by atoms with Gasteiger partial charge in [0, 0.05) is 22.5 Å². The lowest BCUT2D eigenvalue weighted by atomic mass is 9.92. The molecule has 0 spiro atoms. The molecule has 2 aromatic carbocycles. The van der Waals surface area contributed by atoms with E-state index in [0.717, 1.165) is 35.5 Å². The van der Waals surface area contributed by atoms with Crippen molar-refractivity contribution >= 4 is 34.8 Å². The van der Waals surface area contributed by atoms with E-state index in [1.807, 2.05) is 54.6 Å². The van der Waals surface area contributed by atoms with Crippen LogP contribution in [0.4, 0.5) is 5.69 Å². The summed E-state index contributed by atoms with van der Waals surface area (Å²) < 4.78 is 12.4. The van der Waals surface area contributed by atoms with Gasteiger partial charge in [-0.25, -0.2) is 0 Å². The molecule has 2 aromatic rings. The predicted octanol–water partition coefficient (Wildman–Crippen LogP) is 3.74. The fourth-order valence-corrected chi connectivity index (χ4v) is 4.27. The number of rotatable bonds is 5. The second-order valence-corrected chi connectivity index (χ2v) is 8.02. The fourth-order valence-electron chi connectivity index (χ4n) is 3.16. The number of anilines is 1. The van der Waals surface area contributed by atoms with E-state index in [9.17, 15) is 9.00 Å². The van der Waals surface area contributed by atoms with Crippen LogP contribution in [0.25, 0.3) is 0 Å². The molecule has 2 N–H and O–H groups in total. The number of halogens is 1. The zero-order chi connectivity index (χ0) is 17.6. The number of piperidine rings is 1. The Morgan fingerprint density at radius 3 is 2.69 bits per heavy atom. The molecule has 26 heavy (non-hydrogen) atoms. The molecule has 1 aliphatic heterocycles. The second kappa shape index (κ2) is 9.86. The zero-order valence-electron chi connectivity index (χ0n) is 14.8. The van der Waals surface area contributed by atoms with Gasteiger partial charge in [0.05, 0.1) is 16.6 Å². The first kappa shape index (κ1) is 20.6. The molecule has 3 atom stereocenters. The Bertz CT molecular complexity index is 754. The first-order chi connectivity index (χ1) is 12.1. The molecular formula is C20H25ClN2O2S. The SMILES string of the molecule is C[C@H]1C[C@@H](C(=O)Nc2cccc(CS(=O)c3ccccc3)c2)CCN1.Cl. The smallest absolute Gasteiger partial charge is 0.227 e. The molecule has 1 amide bonds. The van der Waals surface area contributed by atoms with Crippen molar-refractivity contribution in [2.75, 3.05) is 11.9 Å². The summed E-state index contributed by atoms with van der Waals surface area (Å²) in [6.07, 6.45) is 1.73. The highest BCUT2D eigenvalue weighted by Gasteiger charge is 2.24. The van der Waals surface area contributed by atoms with Gasteiger partial charge in [-0.2, -0.15) is 0 Å². The van der Waals surface area contributed by atoms with E-state index in [0.29, 0.717) is 11.8 Å². The van der Waals surface area contributed by atoms with E-state index in [1.54, 1.807) is 0 Å². The third-order valence-corrected chi connectivity index (χ3v) is 5.89. The minimum absolute atomic E-state index is 0. The van der Waals surface area contributed by atoms with Crippen molar-refractivity contribution in [1.82, 2.24) is 5.32 Å². The maximum atomic E-state index is 12.5. The van der Waals surface area contributed by atoms with Crippen LogP contribution in [0, 0.1) is 5.92 Å². The van der Waals surface area contributed by atoms with Crippen LogP contribution >= 0.6 is 12.4 Å². The van der Waals surface area contributed by atoms with Crippen LogP contribution < -0.4 is 10.6 Å². The van der Waals surface area contributed by atoms with Crippen molar-refractivity contribution in [2.24, 2.45) is 5.92 Å². The highest BCUT2D eigenvalue weighted by atomic mass is 35.5. The van der Waals surface area contributed by atoms with Crippen LogP contribution in [0.5, 0.6) is 0 Å². The first-order valence-electron chi connectivity index (χ1n) is 8.68. The van der Waals surface area contributed by atoms with Crippen molar-refractivity contribution in [3.05, 3.63) is 60.2 Å². The Labute approximate surface area is 163 Å². The molecule has 1 fully saturated rings. The van der Waals surface area contributed by atoms with Crippen LogP contribution in [-0.4, -0.2) is 22.7 Å². The molecule has 3 rings (SSSR count). The summed E-state index contributed by atoms with van der Waals surface area (Å²) >= 11 is 0. The van der Waals surface area contributed by atoms with E-state index in [2.05, 4.69) is 17.6 Å². The minimum Gasteiger partial charge on any atom is -0.326 e. The Kier molecular flexibility index (Phi) is 7.82. The van der Waals surface area contributed by atoms with E-state index in [1.165, 1.54) is 0 Å². The van der Waals surface area contributed by atoms with Gasteiger partial charge in [-0.1, -0.05) is 30.3 Å². The quantitative estimate of drug-likeness (QED) is 0.814. The van der Waals surface area contributed by atoms with Crippen LogP contribution in [0.1, 0.15) is 25.3 Å². The topological polar surface area (TPSA) is 58.2 Å². The maximum absolute atomic E-state index is 12.5. The standard InChI is InChI=1S/C20H24N2O2S.ClH/c1-15-12-17(10-11-21-15)20(23)22-18-7-5-6-16(13-18)14-25(24)19-8-3-2-4-9-19;/h2-9,13,15,17,21H,10-12,14H2,1H3,(H,22,23);1H/t15-,17-,25?;/m0./s1. The summed E-state index contributed by atoms with van der Waals surface area (Å²) in [5.74, 6) is 0.575. The van der Waals surface area contributed by atoms with Gasteiger partial charge in [0.1, 0.15) is 0 Å². The lowest BCUT2D eigenvalue weighted by molar-refractivity contribution is -0.120. The van der Waals surface area contributed by atoms with Gasteiger partial charge in [-0.3, -0.25) is 9.00 Å².